The maximum atomic E-state index is 12.8. The molecule has 8 nitrogen and oxygen atoms in total. The molecule has 1 atom stereocenters. The number of ether oxygens (including phenoxy) is 1. The molecular formula is C21H24N4O4. The molecule has 1 aromatic carbocycles. The zero-order valence-corrected chi connectivity index (χ0v) is 16.2. The van der Waals surface area contributed by atoms with Crippen LogP contribution in [0.25, 0.3) is 0 Å². The fraction of sp³-hybridized carbons (Fsp3) is 0.429. The molecule has 1 unspecified atom stereocenters. The summed E-state index contributed by atoms with van der Waals surface area (Å²) in [6.45, 7) is 4.17. The van der Waals surface area contributed by atoms with E-state index in [2.05, 4.69) is 14.9 Å². The summed E-state index contributed by atoms with van der Waals surface area (Å²) in [4.78, 5) is 36.6. The average Bonchev–Trinajstić information content (AvgIpc) is 3.22. The van der Waals surface area contributed by atoms with Gasteiger partial charge < -0.3 is 19.6 Å². The number of nitrogens with zero attached hydrogens (tertiary/aromatic N) is 4. The lowest BCUT2D eigenvalue weighted by Crippen LogP contribution is -2.37. The number of carbonyl (C=O) groups is 2. The lowest BCUT2D eigenvalue weighted by molar-refractivity contribution is 0.0696. The molecule has 0 saturated carbocycles. The molecule has 0 radical (unpaired) electrons. The van der Waals surface area contributed by atoms with Crippen molar-refractivity contribution in [2.75, 3.05) is 44.3 Å². The van der Waals surface area contributed by atoms with Crippen LogP contribution in [0.15, 0.2) is 36.7 Å². The fourth-order valence-electron chi connectivity index (χ4n) is 3.89. The first-order chi connectivity index (χ1) is 14.1. The van der Waals surface area contributed by atoms with Crippen molar-refractivity contribution in [3.63, 3.8) is 0 Å². The van der Waals surface area contributed by atoms with Gasteiger partial charge in [0.1, 0.15) is 0 Å². The van der Waals surface area contributed by atoms with Crippen LogP contribution in [0.3, 0.4) is 0 Å². The number of carboxylic acids is 1. The highest BCUT2D eigenvalue weighted by Crippen LogP contribution is 2.23. The second-order valence-electron chi connectivity index (χ2n) is 7.49. The molecule has 2 saturated heterocycles. The number of anilines is 1. The summed E-state index contributed by atoms with van der Waals surface area (Å²) >= 11 is 0. The molecule has 0 spiro atoms. The van der Waals surface area contributed by atoms with E-state index in [9.17, 15) is 9.59 Å². The minimum absolute atomic E-state index is 0.0553. The van der Waals surface area contributed by atoms with E-state index in [1.54, 1.807) is 30.6 Å². The molecule has 0 aliphatic carbocycles. The van der Waals surface area contributed by atoms with E-state index in [0.717, 1.165) is 31.5 Å². The van der Waals surface area contributed by atoms with Gasteiger partial charge in [-0.25, -0.2) is 14.8 Å². The average molecular weight is 396 g/mol. The van der Waals surface area contributed by atoms with Crippen LogP contribution in [0.1, 0.15) is 32.7 Å². The number of benzene rings is 1. The summed E-state index contributed by atoms with van der Waals surface area (Å²) in [6.07, 6.45) is 4.86. The predicted molar refractivity (Wildman–Crippen MR) is 106 cm³/mol. The van der Waals surface area contributed by atoms with E-state index in [1.807, 2.05) is 11.0 Å². The Labute approximate surface area is 169 Å². The van der Waals surface area contributed by atoms with Crippen molar-refractivity contribution in [2.45, 2.75) is 12.8 Å². The first kappa shape index (κ1) is 19.3. The third-order valence-corrected chi connectivity index (χ3v) is 5.45. The van der Waals surface area contributed by atoms with Crippen LogP contribution in [0.2, 0.25) is 0 Å². The number of amides is 1. The zero-order chi connectivity index (χ0) is 20.2. The fourth-order valence-corrected chi connectivity index (χ4v) is 3.89. The topological polar surface area (TPSA) is 95.9 Å². The van der Waals surface area contributed by atoms with Crippen molar-refractivity contribution in [3.8, 4) is 0 Å². The van der Waals surface area contributed by atoms with Gasteiger partial charge in [-0.1, -0.05) is 12.1 Å². The number of aromatic nitrogens is 2. The van der Waals surface area contributed by atoms with Crippen LogP contribution >= 0.6 is 0 Å². The van der Waals surface area contributed by atoms with Gasteiger partial charge in [0.25, 0.3) is 5.91 Å². The Balaban J connectivity index is 1.35. The third kappa shape index (κ3) is 4.54. The predicted octanol–water partition coefficient (Wildman–Crippen LogP) is 1.72. The Morgan fingerprint density at radius 2 is 1.86 bits per heavy atom. The lowest BCUT2D eigenvalue weighted by atomic mass is 9.97. The SMILES string of the molecule is O=C(O)c1cccc(CC2CCN(C(=O)c3cnc(N4CCOCC4)nc3)C2)c1. The molecule has 2 aliphatic rings. The summed E-state index contributed by atoms with van der Waals surface area (Å²) in [5.74, 6) is -0.0325. The van der Waals surface area contributed by atoms with Crippen LogP contribution in [0.5, 0.6) is 0 Å². The van der Waals surface area contributed by atoms with Gasteiger partial charge in [-0.3, -0.25) is 4.79 Å². The number of carboxylic acid groups (broad SMARTS) is 1. The van der Waals surface area contributed by atoms with Crippen molar-refractivity contribution in [2.24, 2.45) is 5.92 Å². The van der Waals surface area contributed by atoms with Gasteiger partial charge in [-0.05, 0) is 36.5 Å². The maximum absolute atomic E-state index is 12.8. The first-order valence-corrected chi connectivity index (χ1v) is 9.86. The summed E-state index contributed by atoms with van der Waals surface area (Å²) in [5, 5.41) is 9.14. The molecule has 1 N–H and O–H groups in total. The molecule has 1 aromatic heterocycles. The number of likely N-dealkylation sites (tertiary alicyclic amines) is 1. The largest absolute Gasteiger partial charge is 0.478 e. The van der Waals surface area contributed by atoms with Crippen LogP contribution in [0, 0.1) is 5.92 Å². The van der Waals surface area contributed by atoms with Crippen molar-refractivity contribution >= 4 is 17.8 Å². The number of morpholine rings is 1. The normalized spacial score (nSPS) is 19.4. The van der Waals surface area contributed by atoms with Gasteiger partial charge in [0.2, 0.25) is 5.95 Å². The monoisotopic (exact) mass is 396 g/mol. The van der Waals surface area contributed by atoms with Crippen molar-refractivity contribution in [1.29, 1.82) is 0 Å². The van der Waals surface area contributed by atoms with E-state index in [0.29, 0.717) is 49.3 Å². The number of aromatic carboxylic acids is 1. The van der Waals surface area contributed by atoms with Crippen LogP contribution in [-0.2, 0) is 11.2 Å². The molecule has 4 rings (SSSR count). The standard InChI is InChI=1S/C21H24N4O4/c26-19(18-12-22-21(23-13-18)24-6-8-29-9-7-24)25-5-4-16(14-25)10-15-2-1-3-17(11-15)20(27)28/h1-3,11-13,16H,4-10,14H2,(H,27,28). The summed E-state index contributed by atoms with van der Waals surface area (Å²) < 4.78 is 5.33. The van der Waals surface area contributed by atoms with Crippen molar-refractivity contribution < 1.29 is 19.4 Å². The molecule has 2 fully saturated rings. The molecular weight excluding hydrogens is 372 g/mol. The van der Waals surface area contributed by atoms with Gasteiger partial charge in [-0.2, -0.15) is 0 Å². The third-order valence-electron chi connectivity index (χ3n) is 5.45. The smallest absolute Gasteiger partial charge is 0.335 e. The zero-order valence-electron chi connectivity index (χ0n) is 16.2. The van der Waals surface area contributed by atoms with E-state index < -0.39 is 5.97 Å². The Hall–Kier alpha value is -3.00. The molecule has 152 valence electrons. The van der Waals surface area contributed by atoms with E-state index >= 15 is 0 Å². The van der Waals surface area contributed by atoms with Gasteiger partial charge >= 0.3 is 5.97 Å². The molecule has 1 amide bonds. The Bertz CT molecular complexity index is 881. The van der Waals surface area contributed by atoms with E-state index in [-0.39, 0.29) is 5.91 Å². The highest BCUT2D eigenvalue weighted by atomic mass is 16.5. The maximum Gasteiger partial charge on any atom is 0.335 e. The summed E-state index contributed by atoms with van der Waals surface area (Å²) in [5.41, 5.74) is 1.78. The Morgan fingerprint density at radius 1 is 1.10 bits per heavy atom. The van der Waals surface area contributed by atoms with Gasteiger partial charge in [-0.15, -0.1) is 0 Å². The number of carbonyl (C=O) groups excluding carboxylic acids is 1. The molecule has 3 heterocycles. The molecule has 29 heavy (non-hydrogen) atoms. The Morgan fingerprint density at radius 3 is 2.59 bits per heavy atom. The van der Waals surface area contributed by atoms with Gasteiger partial charge in [0.15, 0.2) is 0 Å². The first-order valence-electron chi connectivity index (χ1n) is 9.86. The minimum Gasteiger partial charge on any atom is -0.478 e. The molecule has 2 aromatic rings. The van der Waals surface area contributed by atoms with E-state index in [4.69, 9.17) is 9.84 Å². The van der Waals surface area contributed by atoms with Crippen LogP contribution < -0.4 is 4.90 Å². The highest BCUT2D eigenvalue weighted by Gasteiger charge is 2.28. The van der Waals surface area contributed by atoms with Crippen LogP contribution in [-0.4, -0.2) is 71.2 Å². The van der Waals surface area contributed by atoms with Crippen molar-refractivity contribution in [1.82, 2.24) is 14.9 Å². The van der Waals surface area contributed by atoms with Crippen LogP contribution in [0.4, 0.5) is 5.95 Å². The second kappa shape index (κ2) is 8.57. The minimum atomic E-state index is -0.921. The molecule has 2 aliphatic heterocycles. The van der Waals surface area contributed by atoms with E-state index in [1.165, 1.54) is 0 Å². The summed E-state index contributed by atoms with van der Waals surface area (Å²) in [7, 11) is 0. The highest BCUT2D eigenvalue weighted by molar-refractivity contribution is 5.94. The van der Waals surface area contributed by atoms with Gasteiger partial charge in [0.05, 0.1) is 24.3 Å². The molecule has 8 heteroatoms. The van der Waals surface area contributed by atoms with Gasteiger partial charge in [0, 0.05) is 38.6 Å². The molecule has 0 bridgehead atoms. The summed E-state index contributed by atoms with van der Waals surface area (Å²) in [6, 6.07) is 7.01. The van der Waals surface area contributed by atoms with Crippen molar-refractivity contribution in [3.05, 3.63) is 53.3 Å². The number of hydrogen-bond acceptors (Lipinski definition) is 6. The second-order valence-corrected chi connectivity index (χ2v) is 7.49. The lowest BCUT2D eigenvalue weighted by Gasteiger charge is -2.26. The Kier molecular flexibility index (Phi) is 5.71. The quantitative estimate of drug-likeness (QED) is 0.822. The number of rotatable bonds is 5. The number of hydrogen-bond donors (Lipinski definition) is 1.